The van der Waals surface area contributed by atoms with Crippen LogP contribution in [0.3, 0.4) is 0 Å². The van der Waals surface area contributed by atoms with Gasteiger partial charge in [-0.05, 0) is 18.8 Å². The van der Waals surface area contributed by atoms with Crippen molar-refractivity contribution in [2.24, 2.45) is 11.7 Å². The molecule has 0 saturated carbocycles. The SMILES string of the molecule is CC1CCN(S(=O)(=O)N2CCOC(C(N)=S)C2)CC1. The van der Waals surface area contributed by atoms with E-state index >= 15 is 0 Å². The molecule has 2 N–H and O–H groups in total. The molecule has 0 aromatic heterocycles. The Hall–Kier alpha value is -0.280. The van der Waals surface area contributed by atoms with Gasteiger partial charge in [-0.15, -0.1) is 0 Å². The third kappa shape index (κ3) is 3.43. The van der Waals surface area contributed by atoms with Crippen LogP contribution in [0.4, 0.5) is 0 Å². The van der Waals surface area contributed by atoms with Crippen molar-refractivity contribution >= 4 is 27.4 Å². The van der Waals surface area contributed by atoms with Crippen LogP contribution in [0.2, 0.25) is 0 Å². The quantitative estimate of drug-likeness (QED) is 0.740. The van der Waals surface area contributed by atoms with Gasteiger partial charge in [0.15, 0.2) is 0 Å². The fourth-order valence-electron chi connectivity index (χ4n) is 2.39. The van der Waals surface area contributed by atoms with Crippen molar-refractivity contribution in [3.05, 3.63) is 0 Å². The Bertz CT molecular complexity index is 432. The molecule has 0 bridgehead atoms. The van der Waals surface area contributed by atoms with Crippen LogP contribution in [0.25, 0.3) is 0 Å². The van der Waals surface area contributed by atoms with E-state index in [9.17, 15) is 8.42 Å². The van der Waals surface area contributed by atoms with Gasteiger partial charge < -0.3 is 10.5 Å². The first-order valence-electron chi connectivity index (χ1n) is 6.57. The molecule has 2 fully saturated rings. The van der Waals surface area contributed by atoms with E-state index in [2.05, 4.69) is 6.92 Å². The van der Waals surface area contributed by atoms with Crippen molar-refractivity contribution < 1.29 is 13.2 Å². The zero-order chi connectivity index (χ0) is 14.0. The highest BCUT2D eigenvalue weighted by molar-refractivity contribution is 7.86. The normalized spacial score (nSPS) is 28.4. The fraction of sp³-hybridized carbons (Fsp3) is 0.909. The molecule has 2 aliphatic heterocycles. The van der Waals surface area contributed by atoms with Gasteiger partial charge in [-0.25, -0.2) is 0 Å². The Kier molecular flexibility index (Phi) is 4.78. The average molecular weight is 307 g/mol. The number of piperidine rings is 1. The highest BCUT2D eigenvalue weighted by Gasteiger charge is 2.36. The molecule has 19 heavy (non-hydrogen) atoms. The van der Waals surface area contributed by atoms with Crippen molar-refractivity contribution in [2.75, 3.05) is 32.8 Å². The van der Waals surface area contributed by atoms with E-state index in [0.717, 1.165) is 12.8 Å². The molecule has 0 radical (unpaired) electrons. The van der Waals surface area contributed by atoms with Gasteiger partial charge in [0.1, 0.15) is 11.1 Å². The lowest BCUT2D eigenvalue weighted by Crippen LogP contribution is -2.54. The van der Waals surface area contributed by atoms with Gasteiger partial charge >= 0.3 is 0 Å². The van der Waals surface area contributed by atoms with Crippen molar-refractivity contribution in [2.45, 2.75) is 25.9 Å². The molecule has 2 aliphatic rings. The summed E-state index contributed by atoms with van der Waals surface area (Å²) in [7, 11) is -3.40. The molecule has 1 unspecified atom stereocenters. The Morgan fingerprint density at radius 3 is 2.47 bits per heavy atom. The van der Waals surface area contributed by atoms with Gasteiger partial charge in [0.2, 0.25) is 0 Å². The highest BCUT2D eigenvalue weighted by Crippen LogP contribution is 2.22. The molecule has 0 aliphatic carbocycles. The number of ether oxygens (including phenoxy) is 1. The molecule has 6 nitrogen and oxygen atoms in total. The third-order valence-electron chi connectivity index (χ3n) is 3.74. The van der Waals surface area contributed by atoms with Gasteiger partial charge in [-0.3, -0.25) is 0 Å². The molecular formula is C11H21N3O3S2. The van der Waals surface area contributed by atoms with Crippen LogP contribution >= 0.6 is 12.2 Å². The second-order valence-electron chi connectivity index (χ2n) is 5.21. The summed E-state index contributed by atoms with van der Waals surface area (Å²) in [6, 6.07) is 0. The van der Waals surface area contributed by atoms with Crippen molar-refractivity contribution in [1.82, 2.24) is 8.61 Å². The molecular weight excluding hydrogens is 286 g/mol. The zero-order valence-corrected chi connectivity index (χ0v) is 12.8. The highest BCUT2D eigenvalue weighted by atomic mass is 32.2. The maximum atomic E-state index is 12.5. The first-order valence-corrected chi connectivity index (χ1v) is 8.38. The molecule has 2 rings (SSSR count). The predicted molar refractivity (Wildman–Crippen MR) is 77.0 cm³/mol. The van der Waals surface area contributed by atoms with Gasteiger partial charge in [-0.2, -0.15) is 17.0 Å². The minimum absolute atomic E-state index is 0.215. The van der Waals surface area contributed by atoms with Crippen molar-refractivity contribution in [3.8, 4) is 0 Å². The van der Waals surface area contributed by atoms with Gasteiger partial charge in [0.25, 0.3) is 10.2 Å². The number of nitrogens with two attached hydrogens (primary N) is 1. The minimum Gasteiger partial charge on any atom is -0.391 e. The standard InChI is InChI=1S/C11H21N3O3S2/c1-9-2-4-13(5-3-9)19(15,16)14-6-7-17-10(8-14)11(12)18/h9-10H,2-8H2,1H3,(H2,12,18). The number of hydrogen-bond donors (Lipinski definition) is 1. The van der Waals surface area contributed by atoms with Crippen LogP contribution in [0.1, 0.15) is 19.8 Å². The summed E-state index contributed by atoms with van der Waals surface area (Å²) in [5.74, 6) is 0.598. The molecule has 0 amide bonds. The van der Waals surface area contributed by atoms with E-state index in [4.69, 9.17) is 22.7 Å². The third-order valence-corrected chi connectivity index (χ3v) is 6.01. The summed E-state index contributed by atoms with van der Waals surface area (Å²) in [5.41, 5.74) is 5.54. The molecule has 8 heteroatoms. The number of thiocarbonyl (C=S) groups is 1. The Morgan fingerprint density at radius 1 is 1.26 bits per heavy atom. The van der Waals surface area contributed by atoms with Crippen LogP contribution in [0.15, 0.2) is 0 Å². The second kappa shape index (κ2) is 6.01. The van der Waals surface area contributed by atoms with E-state index in [0.29, 0.717) is 32.2 Å². The minimum atomic E-state index is -3.40. The Morgan fingerprint density at radius 2 is 1.89 bits per heavy atom. The summed E-state index contributed by atoms with van der Waals surface area (Å²) in [5, 5.41) is 0. The van der Waals surface area contributed by atoms with Gasteiger partial charge in [0, 0.05) is 26.2 Å². The first kappa shape index (κ1) is 15.1. The van der Waals surface area contributed by atoms with E-state index in [-0.39, 0.29) is 11.5 Å². The van der Waals surface area contributed by atoms with Crippen LogP contribution in [0, 0.1) is 5.92 Å². The van der Waals surface area contributed by atoms with Crippen LogP contribution in [-0.2, 0) is 14.9 Å². The average Bonchev–Trinajstić information content (AvgIpc) is 2.39. The van der Waals surface area contributed by atoms with Gasteiger partial charge in [0.05, 0.1) is 6.61 Å². The smallest absolute Gasteiger partial charge is 0.282 e. The van der Waals surface area contributed by atoms with Crippen molar-refractivity contribution in [3.63, 3.8) is 0 Å². The molecule has 2 saturated heterocycles. The summed E-state index contributed by atoms with van der Waals surface area (Å²) >= 11 is 4.88. The molecule has 0 aromatic carbocycles. The number of rotatable bonds is 3. The van der Waals surface area contributed by atoms with E-state index in [1.165, 1.54) is 4.31 Å². The Balaban J connectivity index is 2.04. The van der Waals surface area contributed by atoms with E-state index < -0.39 is 16.3 Å². The van der Waals surface area contributed by atoms with Crippen LogP contribution < -0.4 is 5.73 Å². The Labute approximate surface area is 120 Å². The number of hydrogen-bond acceptors (Lipinski definition) is 4. The predicted octanol–water partition coefficient (Wildman–Crippen LogP) is -0.0500. The molecule has 0 spiro atoms. The number of nitrogens with zero attached hydrogens (tertiary/aromatic N) is 2. The zero-order valence-electron chi connectivity index (χ0n) is 11.1. The fourth-order valence-corrected chi connectivity index (χ4v) is 4.16. The van der Waals surface area contributed by atoms with E-state index in [1.807, 2.05) is 0 Å². The summed E-state index contributed by atoms with van der Waals surface area (Å²) in [4.78, 5) is 0.215. The molecule has 1 atom stereocenters. The largest absolute Gasteiger partial charge is 0.391 e. The van der Waals surface area contributed by atoms with Crippen molar-refractivity contribution in [1.29, 1.82) is 0 Å². The lowest BCUT2D eigenvalue weighted by molar-refractivity contribution is 0.0358. The summed E-state index contributed by atoms with van der Waals surface area (Å²) in [6.07, 6.45) is 1.37. The number of morpholine rings is 1. The van der Waals surface area contributed by atoms with Crippen LogP contribution in [-0.4, -0.2) is 60.9 Å². The second-order valence-corrected chi connectivity index (χ2v) is 7.61. The maximum Gasteiger partial charge on any atom is 0.282 e. The molecule has 110 valence electrons. The summed E-state index contributed by atoms with van der Waals surface area (Å²) in [6.45, 7) is 4.28. The molecule has 2 heterocycles. The molecule has 0 aromatic rings. The van der Waals surface area contributed by atoms with E-state index in [1.54, 1.807) is 4.31 Å². The first-order chi connectivity index (χ1) is 8.91. The maximum absolute atomic E-state index is 12.5. The lowest BCUT2D eigenvalue weighted by atomic mass is 10.0. The monoisotopic (exact) mass is 307 g/mol. The van der Waals surface area contributed by atoms with Crippen LogP contribution in [0.5, 0.6) is 0 Å². The topological polar surface area (TPSA) is 75.9 Å². The van der Waals surface area contributed by atoms with Gasteiger partial charge in [-0.1, -0.05) is 19.1 Å². The lowest BCUT2D eigenvalue weighted by Gasteiger charge is -2.37. The summed E-state index contributed by atoms with van der Waals surface area (Å²) < 4.78 is 33.4.